The lowest BCUT2D eigenvalue weighted by Gasteiger charge is -2.31. The number of hydrogen-bond donors (Lipinski definition) is 1. The maximum absolute atomic E-state index is 12.4. The van der Waals surface area contributed by atoms with Gasteiger partial charge in [0.05, 0.1) is 5.02 Å². The second-order valence-corrected chi connectivity index (χ2v) is 6.14. The molecule has 0 saturated carbocycles. The average Bonchev–Trinajstić information content (AvgIpc) is 2.55. The van der Waals surface area contributed by atoms with Crippen LogP contribution in [0.3, 0.4) is 0 Å². The number of nitrogens with one attached hydrogen (secondary N) is 1. The van der Waals surface area contributed by atoms with Crippen molar-refractivity contribution in [1.82, 2.24) is 10.2 Å². The van der Waals surface area contributed by atoms with Crippen molar-refractivity contribution in [2.24, 2.45) is 0 Å². The molecule has 23 heavy (non-hydrogen) atoms. The second-order valence-electron chi connectivity index (χ2n) is 5.74. The van der Waals surface area contributed by atoms with Crippen molar-refractivity contribution in [2.45, 2.75) is 25.8 Å². The van der Waals surface area contributed by atoms with Crippen LogP contribution in [0.25, 0.3) is 0 Å². The van der Waals surface area contributed by atoms with Gasteiger partial charge in [0.25, 0.3) is 5.91 Å². The van der Waals surface area contributed by atoms with E-state index in [0.29, 0.717) is 48.4 Å². The lowest BCUT2D eigenvalue weighted by atomic mass is 10.0. The molecule has 0 spiro atoms. The summed E-state index contributed by atoms with van der Waals surface area (Å²) in [5, 5.41) is 3.37. The van der Waals surface area contributed by atoms with Crippen LogP contribution >= 0.6 is 11.6 Å². The van der Waals surface area contributed by atoms with Crippen LogP contribution in [-0.4, -0.2) is 49.1 Å². The van der Waals surface area contributed by atoms with E-state index >= 15 is 0 Å². The number of fused-ring (bicyclic) bond motifs is 1. The van der Waals surface area contributed by atoms with Crippen molar-refractivity contribution < 1.29 is 19.1 Å². The molecule has 0 bridgehead atoms. The number of amides is 2. The van der Waals surface area contributed by atoms with Crippen molar-refractivity contribution in [3.05, 3.63) is 22.7 Å². The van der Waals surface area contributed by atoms with Gasteiger partial charge >= 0.3 is 0 Å². The number of likely N-dealkylation sites (tertiary alicyclic amines) is 1. The smallest absolute Gasteiger partial charge is 0.251 e. The quantitative estimate of drug-likeness (QED) is 0.893. The lowest BCUT2D eigenvalue weighted by Crippen LogP contribution is -2.46. The number of rotatable bonds is 2. The first-order chi connectivity index (χ1) is 11.0. The van der Waals surface area contributed by atoms with Gasteiger partial charge in [-0.3, -0.25) is 9.59 Å². The highest BCUT2D eigenvalue weighted by Gasteiger charge is 2.24. The van der Waals surface area contributed by atoms with Gasteiger partial charge in [-0.15, -0.1) is 0 Å². The minimum absolute atomic E-state index is 0.0603. The predicted molar refractivity (Wildman–Crippen MR) is 85.2 cm³/mol. The Labute approximate surface area is 139 Å². The average molecular weight is 339 g/mol. The molecule has 0 radical (unpaired) electrons. The number of carbonyl (C=O) groups excluding carboxylic acids is 2. The fourth-order valence-corrected chi connectivity index (χ4v) is 3.11. The molecule has 6 nitrogen and oxygen atoms in total. The van der Waals surface area contributed by atoms with E-state index in [0.717, 1.165) is 12.8 Å². The van der Waals surface area contributed by atoms with Gasteiger partial charge in [-0.2, -0.15) is 0 Å². The Kier molecular flexibility index (Phi) is 4.61. The molecule has 2 aliphatic heterocycles. The van der Waals surface area contributed by atoms with Crippen LogP contribution in [0.4, 0.5) is 0 Å². The SMILES string of the molecule is CC(=O)N1CCC(NC(=O)c2cc(Cl)c3c(c2)OCCO3)CC1. The van der Waals surface area contributed by atoms with E-state index < -0.39 is 0 Å². The van der Waals surface area contributed by atoms with Crippen LogP contribution in [-0.2, 0) is 4.79 Å². The summed E-state index contributed by atoms with van der Waals surface area (Å²) in [6.07, 6.45) is 1.51. The topological polar surface area (TPSA) is 67.9 Å². The van der Waals surface area contributed by atoms with Crippen LogP contribution in [0.1, 0.15) is 30.1 Å². The second kappa shape index (κ2) is 6.66. The molecule has 3 rings (SSSR count). The van der Waals surface area contributed by atoms with E-state index in [-0.39, 0.29) is 17.9 Å². The van der Waals surface area contributed by atoms with Gasteiger partial charge < -0.3 is 19.7 Å². The highest BCUT2D eigenvalue weighted by Crippen LogP contribution is 2.38. The third-order valence-corrected chi connectivity index (χ3v) is 4.42. The van der Waals surface area contributed by atoms with E-state index in [9.17, 15) is 9.59 Å². The summed E-state index contributed by atoms with van der Waals surface area (Å²) in [6.45, 7) is 3.80. The van der Waals surface area contributed by atoms with Gasteiger partial charge in [-0.25, -0.2) is 0 Å². The van der Waals surface area contributed by atoms with Crippen LogP contribution in [0.15, 0.2) is 12.1 Å². The summed E-state index contributed by atoms with van der Waals surface area (Å²) in [5.41, 5.74) is 0.452. The normalized spacial score (nSPS) is 17.7. The molecule has 0 atom stereocenters. The third-order valence-electron chi connectivity index (χ3n) is 4.13. The number of nitrogens with zero attached hydrogens (tertiary/aromatic N) is 1. The van der Waals surface area contributed by atoms with Gasteiger partial charge in [0.15, 0.2) is 11.5 Å². The summed E-state index contributed by atoms with van der Waals surface area (Å²) in [4.78, 5) is 25.5. The molecular formula is C16H19ClN2O4. The molecule has 2 aliphatic rings. The zero-order valence-corrected chi connectivity index (χ0v) is 13.7. The highest BCUT2D eigenvalue weighted by atomic mass is 35.5. The number of hydrogen-bond acceptors (Lipinski definition) is 4. The molecule has 0 aliphatic carbocycles. The maximum atomic E-state index is 12.4. The zero-order valence-electron chi connectivity index (χ0n) is 12.9. The molecule has 0 aromatic heterocycles. The van der Waals surface area contributed by atoms with Crippen molar-refractivity contribution >= 4 is 23.4 Å². The van der Waals surface area contributed by atoms with Crippen LogP contribution in [0.2, 0.25) is 5.02 Å². The molecule has 124 valence electrons. The summed E-state index contributed by atoms with van der Waals surface area (Å²) >= 11 is 6.16. The van der Waals surface area contributed by atoms with Gasteiger partial charge in [0.1, 0.15) is 13.2 Å². The highest BCUT2D eigenvalue weighted by molar-refractivity contribution is 6.32. The van der Waals surface area contributed by atoms with Crippen molar-refractivity contribution in [3.63, 3.8) is 0 Å². The van der Waals surface area contributed by atoms with E-state index in [1.165, 1.54) is 0 Å². The molecule has 1 N–H and O–H groups in total. The molecule has 2 heterocycles. The Balaban J connectivity index is 1.65. The molecule has 1 aromatic rings. The van der Waals surface area contributed by atoms with Gasteiger partial charge in [0, 0.05) is 31.6 Å². The summed E-state index contributed by atoms with van der Waals surface area (Å²) in [5.74, 6) is 0.878. The molecule has 0 unspecified atom stereocenters. The lowest BCUT2D eigenvalue weighted by molar-refractivity contribution is -0.129. The Hall–Kier alpha value is -1.95. The fraction of sp³-hybridized carbons (Fsp3) is 0.500. The zero-order chi connectivity index (χ0) is 16.4. The first kappa shape index (κ1) is 15.9. The van der Waals surface area contributed by atoms with Crippen LogP contribution in [0.5, 0.6) is 11.5 Å². The Morgan fingerprint density at radius 3 is 2.61 bits per heavy atom. The Morgan fingerprint density at radius 1 is 1.22 bits per heavy atom. The molecule has 1 aromatic carbocycles. The van der Waals surface area contributed by atoms with E-state index in [1.807, 2.05) is 0 Å². The Bertz CT molecular complexity index is 627. The van der Waals surface area contributed by atoms with Gasteiger partial charge in [-0.1, -0.05) is 11.6 Å². The predicted octanol–water partition coefficient (Wildman–Crippen LogP) is 1.85. The molecule has 2 amide bonds. The first-order valence-electron chi connectivity index (χ1n) is 7.70. The van der Waals surface area contributed by atoms with Crippen LogP contribution < -0.4 is 14.8 Å². The summed E-state index contributed by atoms with van der Waals surface area (Å²) < 4.78 is 10.9. The molecule has 7 heteroatoms. The van der Waals surface area contributed by atoms with Gasteiger partial charge in [0.2, 0.25) is 5.91 Å². The van der Waals surface area contributed by atoms with E-state index in [4.69, 9.17) is 21.1 Å². The number of piperidine rings is 1. The fourth-order valence-electron chi connectivity index (χ4n) is 2.85. The number of benzene rings is 1. The van der Waals surface area contributed by atoms with Crippen LogP contribution in [0, 0.1) is 0 Å². The first-order valence-corrected chi connectivity index (χ1v) is 8.08. The van der Waals surface area contributed by atoms with E-state index in [1.54, 1.807) is 24.0 Å². The standard InChI is InChI=1S/C16H19ClN2O4/c1-10(20)19-4-2-12(3-5-19)18-16(21)11-8-13(17)15-14(9-11)22-6-7-23-15/h8-9,12H,2-7H2,1H3,(H,18,21). The number of halogens is 1. The summed E-state index contributed by atoms with van der Waals surface area (Å²) in [7, 11) is 0. The monoisotopic (exact) mass is 338 g/mol. The van der Waals surface area contributed by atoms with Crippen molar-refractivity contribution in [2.75, 3.05) is 26.3 Å². The number of ether oxygens (including phenoxy) is 2. The van der Waals surface area contributed by atoms with Crippen molar-refractivity contribution in [1.29, 1.82) is 0 Å². The maximum Gasteiger partial charge on any atom is 0.251 e. The third kappa shape index (κ3) is 3.52. The largest absolute Gasteiger partial charge is 0.486 e. The number of carbonyl (C=O) groups is 2. The van der Waals surface area contributed by atoms with E-state index in [2.05, 4.69) is 5.32 Å². The molecule has 1 fully saturated rings. The van der Waals surface area contributed by atoms with Gasteiger partial charge in [-0.05, 0) is 25.0 Å². The van der Waals surface area contributed by atoms with Crippen molar-refractivity contribution in [3.8, 4) is 11.5 Å². The minimum Gasteiger partial charge on any atom is -0.486 e. The minimum atomic E-state index is -0.190. The molecule has 1 saturated heterocycles. The molecular weight excluding hydrogens is 320 g/mol. The Morgan fingerprint density at radius 2 is 1.91 bits per heavy atom. The summed E-state index contributed by atoms with van der Waals surface area (Å²) in [6, 6.07) is 3.31.